The van der Waals surface area contributed by atoms with Crippen LogP contribution in [0.2, 0.25) is 0 Å². The molecule has 2 heterocycles. The predicted octanol–water partition coefficient (Wildman–Crippen LogP) is 5.83. The number of benzene rings is 2. The number of carbonyl (C=O) groups is 1. The van der Waals surface area contributed by atoms with Gasteiger partial charge >= 0.3 is 12.1 Å². The van der Waals surface area contributed by atoms with Gasteiger partial charge in [-0.05, 0) is 41.8 Å². The number of aromatic nitrogens is 4. The quantitative estimate of drug-likeness (QED) is 0.418. The van der Waals surface area contributed by atoms with E-state index in [1.165, 1.54) is 24.7 Å². The van der Waals surface area contributed by atoms with E-state index in [1.54, 1.807) is 15.3 Å². The van der Waals surface area contributed by atoms with Gasteiger partial charge in [0.05, 0.1) is 46.7 Å². The van der Waals surface area contributed by atoms with Crippen molar-refractivity contribution < 1.29 is 23.1 Å². The Labute approximate surface area is 183 Å². The van der Waals surface area contributed by atoms with Crippen LogP contribution in [-0.4, -0.2) is 30.4 Å². The van der Waals surface area contributed by atoms with E-state index in [1.807, 2.05) is 27.7 Å². The van der Waals surface area contributed by atoms with Crippen LogP contribution < -0.4 is 0 Å². The second-order valence-corrected chi connectivity index (χ2v) is 7.67. The first-order valence-electron chi connectivity index (χ1n) is 10.4. The Kier molecular flexibility index (Phi) is 6.57. The third-order valence-corrected chi connectivity index (χ3v) is 4.89. The molecule has 0 aliphatic heterocycles. The number of aromatic carboxylic acids is 1. The van der Waals surface area contributed by atoms with Gasteiger partial charge in [-0.1, -0.05) is 27.7 Å². The number of nitrogens with zero attached hydrogens (tertiary/aromatic N) is 4. The number of hydrogen-bond donors (Lipinski definition) is 1. The van der Waals surface area contributed by atoms with E-state index < -0.39 is 17.7 Å². The minimum Gasteiger partial charge on any atom is -0.478 e. The molecule has 0 saturated carbocycles. The first-order chi connectivity index (χ1) is 15.1. The summed E-state index contributed by atoms with van der Waals surface area (Å²) < 4.78 is 43.8. The van der Waals surface area contributed by atoms with Crippen molar-refractivity contribution in [2.24, 2.45) is 5.92 Å². The zero-order chi connectivity index (χ0) is 23.6. The molecule has 0 saturated heterocycles. The first-order valence-corrected chi connectivity index (χ1v) is 10.4. The first kappa shape index (κ1) is 23.3. The van der Waals surface area contributed by atoms with E-state index in [2.05, 4.69) is 10.1 Å². The SMILES string of the molecule is CC.CC(C)Cn1ncc2cc(C(F)(F)F)cc(Cn3cnc4cc(C(=O)O)ccc43)c21. The Morgan fingerprint density at radius 3 is 2.50 bits per heavy atom. The number of hydrogen-bond acceptors (Lipinski definition) is 3. The van der Waals surface area contributed by atoms with Gasteiger partial charge in [0.1, 0.15) is 0 Å². The second-order valence-electron chi connectivity index (χ2n) is 7.67. The maximum Gasteiger partial charge on any atom is 0.416 e. The van der Waals surface area contributed by atoms with Gasteiger partial charge in [0, 0.05) is 11.9 Å². The molecule has 0 unspecified atom stereocenters. The van der Waals surface area contributed by atoms with Gasteiger partial charge in [0.2, 0.25) is 0 Å². The van der Waals surface area contributed by atoms with E-state index in [4.69, 9.17) is 5.11 Å². The molecule has 2 aromatic heterocycles. The molecule has 0 bridgehead atoms. The van der Waals surface area contributed by atoms with Gasteiger partial charge in [-0.15, -0.1) is 0 Å². The third kappa shape index (κ3) is 4.61. The lowest BCUT2D eigenvalue weighted by Crippen LogP contribution is -2.11. The summed E-state index contributed by atoms with van der Waals surface area (Å²) >= 11 is 0. The summed E-state index contributed by atoms with van der Waals surface area (Å²) in [5, 5.41) is 13.9. The highest BCUT2D eigenvalue weighted by molar-refractivity contribution is 5.92. The third-order valence-electron chi connectivity index (χ3n) is 4.89. The molecular formula is C23H25F3N4O2. The number of fused-ring (bicyclic) bond motifs is 2. The van der Waals surface area contributed by atoms with Crippen molar-refractivity contribution >= 4 is 27.9 Å². The van der Waals surface area contributed by atoms with E-state index in [-0.39, 0.29) is 18.0 Å². The number of carboxylic acids is 1. The molecule has 0 radical (unpaired) electrons. The molecule has 0 amide bonds. The molecule has 0 aliphatic rings. The standard InChI is InChI=1S/C21H19F3N4O2.C2H6/c1-12(2)9-28-19-14(8-26-28)5-16(21(22,23)24)6-15(19)10-27-11-25-17-7-13(20(29)30)3-4-18(17)27;1-2/h3-8,11-12H,9-10H2,1-2H3,(H,29,30);1-2H3. The summed E-state index contributed by atoms with van der Waals surface area (Å²) in [7, 11) is 0. The van der Waals surface area contributed by atoms with Crippen LogP contribution >= 0.6 is 0 Å². The van der Waals surface area contributed by atoms with Crippen LogP contribution in [0.25, 0.3) is 21.9 Å². The maximum absolute atomic E-state index is 13.5. The molecule has 0 spiro atoms. The molecule has 1 N–H and O–H groups in total. The fraction of sp³-hybridized carbons (Fsp3) is 0.348. The predicted molar refractivity (Wildman–Crippen MR) is 117 cm³/mol. The van der Waals surface area contributed by atoms with Crippen molar-refractivity contribution in [2.45, 2.75) is 47.0 Å². The lowest BCUT2D eigenvalue weighted by atomic mass is 10.1. The Morgan fingerprint density at radius 1 is 1.16 bits per heavy atom. The van der Waals surface area contributed by atoms with Crippen LogP contribution in [0.15, 0.2) is 42.9 Å². The van der Waals surface area contributed by atoms with Crippen LogP contribution in [0.3, 0.4) is 0 Å². The zero-order valence-electron chi connectivity index (χ0n) is 18.3. The summed E-state index contributed by atoms with van der Waals surface area (Å²) in [5.41, 5.74) is 1.60. The minimum absolute atomic E-state index is 0.101. The molecular weight excluding hydrogens is 421 g/mol. The van der Waals surface area contributed by atoms with Crippen molar-refractivity contribution in [3.63, 3.8) is 0 Å². The highest BCUT2D eigenvalue weighted by atomic mass is 19.4. The van der Waals surface area contributed by atoms with Crippen LogP contribution in [0.4, 0.5) is 13.2 Å². The van der Waals surface area contributed by atoms with E-state index in [0.29, 0.717) is 34.0 Å². The van der Waals surface area contributed by atoms with Gasteiger partial charge in [-0.2, -0.15) is 18.3 Å². The van der Waals surface area contributed by atoms with E-state index in [9.17, 15) is 18.0 Å². The Bertz CT molecular complexity index is 1260. The Hall–Kier alpha value is -3.36. The number of halogens is 3. The highest BCUT2D eigenvalue weighted by Crippen LogP contribution is 2.34. The van der Waals surface area contributed by atoms with Crippen molar-refractivity contribution in [1.29, 1.82) is 0 Å². The van der Waals surface area contributed by atoms with Crippen LogP contribution in [0.1, 0.15) is 49.2 Å². The van der Waals surface area contributed by atoms with E-state index in [0.717, 1.165) is 12.1 Å². The smallest absolute Gasteiger partial charge is 0.416 e. The minimum atomic E-state index is -4.48. The van der Waals surface area contributed by atoms with Crippen LogP contribution in [0.5, 0.6) is 0 Å². The van der Waals surface area contributed by atoms with Crippen LogP contribution in [-0.2, 0) is 19.3 Å². The molecule has 9 heteroatoms. The fourth-order valence-electron chi connectivity index (χ4n) is 3.60. The van der Waals surface area contributed by atoms with E-state index >= 15 is 0 Å². The van der Waals surface area contributed by atoms with Crippen molar-refractivity contribution in [1.82, 2.24) is 19.3 Å². The molecule has 32 heavy (non-hydrogen) atoms. The fourth-order valence-corrected chi connectivity index (χ4v) is 3.60. The zero-order valence-corrected chi connectivity index (χ0v) is 18.3. The lowest BCUT2D eigenvalue weighted by molar-refractivity contribution is -0.137. The van der Waals surface area contributed by atoms with Gasteiger partial charge in [-0.3, -0.25) is 4.68 Å². The average Bonchev–Trinajstić information content (AvgIpc) is 3.32. The number of carboxylic acid groups (broad SMARTS) is 1. The number of alkyl halides is 3. The summed E-state index contributed by atoms with van der Waals surface area (Å²) in [5.74, 6) is -0.796. The van der Waals surface area contributed by atoms with Gasteiger partial charge in [0.15, 0.2) is 0 Å². The molecule has 6 nitrogen and oxygen atoms in total. The maximum atomic E-state index is 13.5. The van der Waals surface area contributed by atoms with Crippen molar-refractivity contribution in [2.75, 3.05) is 0 Å². The molecule has 0 atom stereocenters. The second kappa shape index (κ2) is 9.02. The summed E-state index contributed by atoms with van der Waals surface area (Å²) in [4.78, 5) is 15.4. The lowest BCUT2D eigenvalue weighted by Gasteiger charge is -2.14. The Balaban J connectivity index is 0.00000141. The molecule has 170 valence electrons. The van der Waals surface area contributed by atoms with Gasteiger partial charge in [0.25, 0.3) is 0 Å². The number of rotatable bonds is 5. The normalized spacial score (nSPS) is 11.8. The van der Waals surface area contributed by atoms with Gasteiger partial charge < -0.3 is 9.67 Å². The highest BCUT2D eigenvalue weighted by Gasteiger charge is 2.32. The Morgan fingerprint density at radius 2 is 1.88 bits per heavy atom. The summed E-state index contributed by atoms with van der Waals surface area (Å²) in [6.45, 7) is 8.75. The molecule has 4 aromatic rings. The molecule has 0 fully saturated rings. The number of imidazole rings is 1. The van der Waals surface area contributed by atoms with Crippen molar-refractivity contribution in [3.05, 3.63) is 59.5 Å². The topological polar surface area (TPSA) is 72.9 Å². The largest absolute Gasteiger partial charge is 0.478 e. The van der Waals surface area contributed by atoms with Gasteiger partial charge in [-0.25, -0.2) is 9.78 Å². The summed E-state index contributed by atoms with van der Waals surface area (Å²) in [6, 6.07) is 6.78. The average molecular weight is 446 g/mol. The molecule has 4 rings (SSSR count). The molecule has 0 aliphatic carbocycles. The van der Waals surface area contributed by atoms with Crippen LogP contribution in [0, 0.1) is 5.92 Å². The van der Waals surface area contributed by atoms with Crippen molar-refractivity contribution in [3.8, 4) is 0 Å². The molecule has 2 aromatic carbocycles. The monoisotopic (exact) mass is 446 g/mol. The summed E-state index contributed by atoms with van der Waals surface area (Å²) in [6.07, 6.45) is -1.51.